The zero-order valence-electron chi connectivity index (χ0n) is 11.6. The van der Waals surface area contributed by atoms with Crippen LogP contribution in [0.25, 0.3) is 0 Å². The highest BCUT2D eigenvalue weighted by atomic mass is 32.2. The maximum atomic E-state index is 14.0. The van der Waals surface area contributed by atoms with E-state index < -0.39 is 20.7 Å². The molecule has 0 heterocycles. The first-order valence-electron chi connectivity index (χ1n) is 6.33. The SMILES string of the molecule is COc1cc(F)c(S(=O)(=O)N[C@H](C)C2CC2)cc1OC. The van der Waals surface area contributed by atoms with Crippen LogP contribution in [0.15, 0.2) is 17.0 Å². The van der Waals surface area contributed by atoms with Crippen molar-refractivity contribution in [2.24, 2.45) is 5.92 Å². The van der Waals surface area contributed by atoms with Gasteiger partial charge in [0.1, 0.15) is 10.7 Å². The Morgan fingerprint density at radius 2 is 1.80 bits per heavy atom. The Bertz CT molecular complexity index is 599. The van der Waals surface area contributed by atoms with E-state index in [-0.39, 0.29) is 17.5 Å². The summed E-state index contributed by atoms with van der Waals surface area (Å²) >= 11 is 0. The van der Waals surface area contributed by atoms with Crippen LogP contribution in [0.3, 0.4) is 0 Å². The van der Waals surface area contributed by atoms with Gasteiger partial charge in [-0.2, -0.15) is 0 Å². The number of methoxy groups -OCH3 is 2. The molecular formula is C13H18FNO4S. The van der Waals surface area contributed by atoms with Crippen LogP contribution in [-0.4, -0.2) is 28.7 Å². The molecule has 0 saturated heterocycles. The average molecular weight is 303 g/mol. The van der Waals surface area contributed by atoms with Gasteiger partial charge in [-0.05, 0) is 25.7 Å². The van der Waals surface area contributed by atoms with Gasteiger partial charge in [0, 0.05) is 18.2 Å². The number of hydrogen-bond donors (Lipinski definition) is 1. The quantitative estimate of drug-likeness (QED) is 0.872. The molecule has 1 saturated carbocycles. The van der Waals surface area contributed by atoms with Gasteiger partial charge in [0.05, 0.1) is 14.2 Å². The lowest BCUT2D eigenvalue weighted by Crippen LogP contribution is -2.34. The summed E-state index contributed by atoms with van der Waals surface area (Å²) in [7, 11) is -1.19. The number of ether oxygens (including phenoxy) is 2. The van der Waals surface area contributed by atoms with Crippen molar-refractivity contribution in [3.63, 3.8) is 0 Å². The van der Waals surface area contributed by atoms with Gasteiger partial charge in [0.2, 0.25) is 10.0 Å². The van der Waals surface area contributed by atoms with Crippen molar-refractivity contribution in [3.8, 4) is 11.5 Å². The van der Waals surface area contributed by atoms with Crippen LogP contribution in [0.4, 0.5) is 4.39 Å². The third-order valence-corrected chi connectivity index (χ3v) is 4.97. The summed E-state index contributed by atoms with van der Waals surface area (Å²) in [5, 5.41) is 0. The molecule has 7 heteroatoms. The standard InChI is InChI=1S/C13H18FNO4S/c1-8(9-4-5-9)15-20(16,17)13-7-12(19-3)11(18-2)6-10(13)14/h6-9,15H,4-5H2,1-3H3/t8-/m1/s1. The number of hydrogen-bond acceptors (Lipinski definition) is 4. The molecule has 0 bridgehead atoms. The molecule has 1 atom stereocenters. The summed E-state index contributed by atoms with van der Waals surface area (Å²) in [5.74, 6) is -0.196. The van der Waals surface area contributed by atoms with E-state index in [2.05, 4.69) is 4.72 Å². The van der Waals surface area contributed by atoms with Gasteiger partial charge in [-0.1, -0.05) is 0 Å². The molecule has 20 heavy (non-hydrogen) atoms. The van der Waals surface area contributed by atoms with Crippen LogP contribution in [-0.2, 0) is 10.0 Å². The Balaban J connectivity index is 2.35. The first-order valence-corrected chi connectivity index (χ1v) is 7.81. The first-order chi connectivity index (χ1) is 9.39. The smallest absolute Gasteiger partial charge is 0.243 e. The van der Waals surface area contributed by atoms with Crippen molar-refractivity contribution in [1.29, 1.82) is 0 Å². The minimum atomic E-state index is -3.91. The summed E-state index contributed by atoms with van der Waals surface area (Å²) in [6.07, 6.45) is 2.00. The van der Waals surface area contributed by atoms with Gasteiger partial charge in [-0.15, -0.1) is 0 Å². The monoisotopic (exact) mass is 303 g/mol. The minimum Gasteiger partial charge on any atom is -0.493 e. The van der Waals surface area contributed by atoms with Crippen molar-refractivity contribution in [3.05, 3.63) is 17.9 Å². The Kier molecular flexibility index (Phi) is 4.19. The zero-order chi connectivity index (χ0) is 14.9. The van der Waals surface area contributed by atoms with Gasteiger partial charge in [0.15, 0.2) is 11.5 Å². The molecule has 2 rings (SSSR count). The van der Waals surface area contributed by atoms with Gasteiger partial charge in [0.25, 0.3) is 0 Å². The normalized spacial score (nSPS) is 16.8. The fourth-order valence-corrected chi connectivity index (χ4v) is 3.43. The van der Waals surface area contributed by atoms with Crippen LogP contribution in [0, 0.1) is 11.7 Å². The Hall–Kier alpha value is -1.34. The van der Waals surface area contributed by atoms with Crippen molar-refractivity contribution < 1.29 is 22.3 Å². The second-order valence-corrected chi connectivity index (χ2v) is 6.57. The van der Waals surface area contributed by atoms with Crippen molar-refractivity contribution in [1.82, 2.24) is 4.72 Å². The second-order valence-electron chi connectivity index (χ2n) is 4.89. The van der Waals surface area contributed by atoms with E-state index in [1.807, 2.05) is 0 Å². The third kappa shape index (κ3) is 3.04. The molecule has 112 valence electrons. The lowest BCUT2D eigenvalue weighted by molar-refractivity contribution is 0.350. The third-order valence-electron chi connectivity index (χ3n) is 3.40. The van der Waals surface area contributed by atoms with Crippen LogP contribution in [0.5, 0.6) is 11.5 Å². The number of nitrogens with one attached hydrogen (secondary N) is 1. The molecular weight excluding hydrogens is 285 g/mol. The minimum absolute atomic E-state index is 0.152. The molecule has 0 unspecified atom stereocenters. The Morgan fingerprint density at radius 1 is 1.25 bits per heavy atom. The van der Waals surface area contributed by atoms with E-state index in [1.54, 1.807) is 6.92 Å². The van der Waals surface area contributed by atoms with E-state index >= 15 is 0 Å². The highest BCUT2D eigenvalue weighted by molar-refractivity contribution is 7.89. The van der Waals surface area contributed by atoms with E-state index in [4.69, 9.17) is 9.47 Å². The molecule has 1 aliphatic rings. The largest absolute Gasteiger partial charge is 0.493 e. The summed E-state index contributed by atoms with van der Waals surface area (Å²) in [4.78, 5) is -0.428. The van der Waals surface area contributed by atoms with Gasteiger partial charge in [-0.3, -0.25) is 0 Å². The maximum absolute atomic E-state index is 14.0. The molecule has 5 nitrogen and oxygen atoms in total. The highest BCUT2D eigenvalue weighted by Gasteiger charge is 2.32. The summed E-state index contributed by atoms with van der Waals surface area (Å²) in [6, 6.07) is 1.94. The van der Waals surface area contributed by atoms with Crippen molar-refractivity contribution in [2.45, 2.75) is 30.7 Å². The summed E-state index contributed by atoms with van der Waals surface area (Å²) in [5.41, 5.74) is 0. The molecule has 0 radical (unpaired) electrons. The van der Waals surface area contributed by atoms with E-state index in [9.17, 15) is 12.8 Å². The van der Waals surface area contributed by atoms with Crippen molar-refractivity contribution >= 4 is 10.0 Å². The molecule has 0 aliphatic heterocycles. The van der Waals surface area contributed by atoms with E-state index in [0.29, 0.717) is 5.92 Å². The second kappa shape index (κ2) is 5.57. The number of sulfonamides is 1. The summed E-state index contributed by atoms with van der Waals surface area (Å²) in [6.45, 7) is 1.79. The molecule has 1 N–H and O–H groups in total. The maximum Gasteiger partial charge on any atom is 0.243 e. The van der Waals surface area contributed by atoms with Crippen LogP contribution >= 0.6 is 0 Å². The van der Waals surface area contributed by atoms with Crippen molar-refractivity contribution in [2.75, 3.05) is 14.2 Å². The lowest BCUT2D eigenvalue weighted by Gasteiger charge is -2.15. The summed E-state index contributed by atoms with van der Waals surface area (Å²) < 4.78 is 50.8. The lowest BCUT2D eigenvalue weighted by atomic mass is 10.2. The van der Waals surface area contributed by atoms with Gasteiger partial charge in [-0.25, -0.2) is 17.5 Å². The average Bonchev–Trinajstić information content (AvgIpc) is 3.21. The molecule has 1 aromatic rings. The Morgan fingerprint density at radius 3 is 2.30 bits per heavy atom. The molecule has 0 amide bonds. The fraction of sp³-hybridized carbons (Fsp3) is 0.538. The molecule has 1 fully saturated rings. The first kappa shape index (κ1) is 15.1. The highest BCUT2D eigenvalue weighted by Crippen LogP contribution is 2.35. The van der Waals surface area contributed by atoms with Gasteiger partial charge >= 0.3 is 0 Å². The molecule has 0 aromatic heterocycles. The molecule has 1 aromatic carbocycles. The predicted octanol–water partition coefficient (Wildman–Crippen LogP) is 1.92. The molecule has 0 spiro atoms. The Labute approximate surface area is 118 Å². The van der Waals surface area contributed by atoms with E-state index in [0.717, 1.165) is 25.0 Å². The van der Waals surface area contributed by atoms with Crippen LogP contribution in [0.1, 0.15) is 19.8 Å². The number of rotatable bonds is 6. The number of benzene rings is 1. The van der Waals surface area contributed by atoms with Crippen LogP contribution < -0.4 is 14.2 Å². The predicted molar refractivity (Wildman–Crippen MR) is 72.0 cm³/mol. The van der Waals surface area contributed by atoms with Crippen LogP contribution in [0.2, 0.25) is 0 Å². The molecule has 1 aliphatic carbocycles. The fourth-order valence-electron chi connectivity index (χ4n) is 2.04. The van der Waals surface area contributed by atoms with Gasteiger partial charge < -0.3 is 9.47 Å². The van der Waals surface area contributed by atoms with E-state index in [1.165, 1.54) is 14.2 Å². The number of halogens is 1. The topological polar surface area (TPSA) is 64.6 Å². The zero-order valence-corrected chi connectivity index (χ0v) is 12.5.